The number of aromatic nitrogens is 2. The molecule has 38 heavy (non-hydrogen) atoms. The summed E-state index contributed by atoms with van der Waals surface area (Å²) in [5.74, 6) is 2.72. The molecule has 0 spiro atoms. The Labute approximate surface area is 228 Å². The summed E-state index contributed by atoms with van der Waals surface area (Å²) < 4.78 is 0. The van der Waals surface area contributed by atoms with Crippen molar-refractivity contribution >= 4 is 17.5 Å². The molecule has 0 unspecified atom stereocenters. The quantitative estimate of drug-likeness (QED) is 0.371. The summed E-state index contributed by atoms with van der Waals surface area (Å²) in [4.78, 5) is 27.6. The highest BCUT2D eigenvalue weighted by atomic mass is 16.2. The number of rotatable bonds is 6. The van der Waals surface area contributed by atoms with Crippen LogP contribution in [0, 0.1) is 13.8 Å². The van der Waals surface area contributed by atoms with Crippen molar-refractivity contribution in [1.82, 2.24) is 14.9 Å². The molecule has 202 valence electrons. The van der Waals surface area contributed by atoms with E-state index in [2.05, 4.69) is 108 Å². The summed E-state index contributed by atoms with van der Waals surface area (Å²) in [6.45, 7) is 20.0. The van der Waals surface area contributed by atoms with E-state index in [-0.39, 0.29) is 6.03 Å². The van der Waals surface area contributed by atoms with E-state index < -0.39 is 0 Å². The van der Waals surface area contributed by atoms with Gasteiger partial charge in [0.15, 0.2) is 5.82 Å². The minimum atomic E-state index is -0.0251. The highest BCUT2D eigenvalue weighted by molar-refractivity contribution is 5.91. The number of carbonyl (C=O) groups excluding carboxylic acids is 1. The first kappa shape index (κ1) is 27.6. The van der Waals surface area contributed by atoms with Gasteiger partial charge in [0.2, 0.25) is 0 Å². The Morgan fingerprint density at radius 2 is 1.37 bits per heavy atom. The molecule has 2 heterocycles. The van der Waals surface area contributed by atoms with Crippen LogP contribution in [0.25, 0.3) is 11.4 Å². The van der Waals surface area contributed by atoms with Gasteiger partial charge < -0.3 is 15.1 Å². The molecule has 1 aliphatic heterocycles. The predicted molar refractivity (Wildman–Crippen MR) is 158 cm³/mol. The minimum Gasteiger partial charge on any atom is -0.353 e. The lowest BCUT2D eigenvalue weighted by Crippen LogP contribution is -2.50. The maximum absolute atomic E-state index is 13.4. The number of carbonyl (C=O) groups is 1. The van der Waals surface area contributed by atoms with Crippen molar-refractivity contribution in [3.05, 3.63) is 70.4 Å². The summed E-state index contributed by atoms with van der Waals surface area (Å²) in [5.41, 5.74) is 7.79. The van der Waals surface area contributed by atoms with Crippen molar-refractivity contribution in [2.24, 2.45) is 0 Å². The van der Waals surface area contributed by atoms with E-state index in [1.807, 2.05) is 4.90 Å². The van der Waals surface area contributed by atoms with E-state index in [0.717, 1.165) is 41.7 Å². The van der Waals surface area contributed by atoms with Gasteiger partial charge in [0.25, 0.3) is 0 Å². The van der Waals surface area contributed by atoms with Gasteiger partial charge in [-0.25, -0.2) is 14.8 Å². The third-order valence-corrected chi connectivity index (χ3v) is 7.47. The summed E-state index contributed by atoms with van der Waals surface area (Å²) >= 11 is 0. The Balaban J connectivity index is 1.55. The molecule has 1 N–H and O–H groups in total. The highest BCUT2D eigenvalue weighted by Crippen LogP contribution is 2.34. The SMILES string of the molecule is Cc1ccc(-c2nc(C)c(C(C)C)c(N3CCN(C(=O)Nc4c(C(C)C)cccc4C(C)C)CC3)n2)cc1. The van der Waals surface area contributed by atoms with E-state index in [9.17, 15) is 4.79 Å². The van der Waals surface area contributed by atoms with E-state index in [1.54, 1.807) is 0 Å². The molecule has 0 radical (unpaired) electrons. The first-order valence-electron chi connectivity index (χ1n) is 14.0. The van der Waals surface area contributed by atoms with Gasteiger partial charge in [0.05, 0.1) is 0 Å². The zero-order valence-electron chi connectivity index (χ0n) is 24.3. The molecule has 4 rings (SSSR count). The Morgan fingerprint density at radius 3 is 1.89 bits per heavy atom. The van der Waals surface area contributed by atoms with Crippen molar-refractivity contribution in [2.45, 2.75) is 73.1 Å². The average molecular weight is 514 g/mol. The van der Waals surface area contributed by atoms with Gasteiger partial charge in [-0.1, -0.05) is 89.6 Å². The van der Waals surface area contributed by atoms with Gasteiger partial charge in [-0.15, -0.1) is 0 Å². The number of amides is 2. The lowest BCUT2D eigenvalue weighted by molar-refractivity contribution is 0.208. The second-order valence-corrected chi connectivity index (χ2v) is 11.4. The number of anilines is 2. The number of aryl methyl sites for hydroxylation is 2. The Morgan fingerprint density at radius 1 is 0.789 bits per heavy atom. The van der Waals surface area contributed by atoms with Crippen molar-refractivity contribution in [3.8, 4) is 11.4 Å². The van der Waals surface area contributed by atoms with Crippen molar-refractivity contribution < 1.29 is 4.79 Å². The Bertz CT molecular complexity index is 1250. The molecule has 2 amide bonds. The molecule has 1 saturated heterocycles. The molecule has 3 aromatic rings. The van der Waals surface area contributed by atoms with Gasteiger partial charge in [0, 0.05) is 48.7 Å². The zero-order valence-corrected chi connectivity index (χ0v) is 24.3. The van der Waals surface area contributed by atoms with E-state index >= 15 is 0 Å². The molecule has 0 aliphatic carbocycles. The number of benzene rings is 2. The molecular formula is C32H43N5O. The third kappa shape index (κ3) is 5.85. The minimum absolute atomic E-state index is 0.0251. The summed E-state index contributed by atoms with van der Waals surface area (Å²) in [6, 6.07) is 14.7. The van der Waals surface area contributed by atoms with Crippen molar-refractivity contribution in [3.63, 3.8) is 0 Å². The van der Waals surface area contributed by atoms with Crippen LogP contribution in [0.5, 0.6) is 0 Å². The van der Waals surface area contributed by atoms with Crippen LogP contribution in [-0.2, 0) is 0 Å². The molecule has 0 saturated carbocycles. The molecule has 1 aliphatic rings. The van der Waals surface area contributed by atoms with Crippen LogP contribution in [0.1, 0.15) is 87.2 Å². The molecule has 1 fully saturated rings. The first-order valence-corrected chi connectivity index (χ1v) is 14.0. The van der Waals surface area contributed by atoms with Crippen LogP contribution < -0.4 is 10.2 Å². The van der Waals surface area contributed by atoms with Crippen LogP contribution in [0.4, 0.5) is 16.3 Å². The zero-order chi connectivity index (χ0) is 27.6. The number of hydrogen-bond acceptors (Lipinski definition) is 4. The van der Waals surface area contributed by atoms with Gasteiger partial charge in [-0.2, -0.15) is 0 Å². The fourth-order valence-electron chi connectivity index (χ4n) is 5.32. The molecular weight excluding hydrogens is 470 g/mol. The van der Waals surface area contributed by atoms with Gasteiger partial charge >= 0.3 is 6.03 Å². The second kappa shape index (κ2) is 11.5. The Kier molecular flexibility index (Phi) is 8.39. The maximum Gasteiger partial charge on any atom is 0.321 e. The van der Waals surface area contributed by atoms with Crippen LogP contribution in [0.15, 0.2) is 42.5 Å². The van der Waals surface area contributed by atoms with Crippen LogP contribution in [-0.4, -0.2) is 47.1 Å². The normalized spacial score (nSPS) is 14.1. The topological polar surface area (TPSA) is 61.4 Å². The lowest BCUT2D eigenvalue weighted by atomic mass is 9.93. The molecule has 6 heteroatoms. The van der Waals surface area contributed by atoms with Gasteiger partial charge in [-0.3, -0.25) is 0 Å². The van der Waals surface area contributed by atoms with Gasteiger partial charge in [0.1, 0.15) is 5.82 Å². The smallest absolute Gasteiger partial charge is 0.321 e. The molecule has 2 aromatic carbocycles. The summed E-state index contributed by atoms with van der Waals surface area (Å²) in [5, 5.41) is 3.28. The second-order valence-electron chi connectivity index (χ2n) is 11.4. The van der Waals surface area contributed by atoms with Crippen LogP contribution in [0.2, 0.25) is 0 Å². The number of nitrogens with zero attached hydrogens (tertiary/aromatic N) is 4. The fourth-order valence-corrected chi connectivity index (χ4v) is 5.32. The predicted octanol–water partition coefficient (Wildman–Crippen LogP) is 7.48. The van der Waals surface area contributed by atoms with Gasteiger partial charge in [-0.05, 0) is 42.7 Å². The molecule has 6 nitrogen and oxygen atoms in total. The molecule has 0 bridgehead atoms. The number of urea groups is 1. The average Bonchev–Trinajstić information content (AvgIpc) is 2.88. The molecule has 1 aromatic heterocycles. The number of nitrogens with one attached hydrogen (secondary N) is 1. The number of para-hydroxylation sites is 1. The first-order chi connectivity index (χ1) is 18.1. The largest absolute Gasteiger partial charge is 0.353 e. The fraction of sp³-hybridized carbons (Fsp3) is 0.469. The highest BCUT2D eigenvalue weighted by Gasteiger charge is 2.27. The number of hydrogen-bond donors (Lipinski definition) is 1. The molecule has 0 atom stereocenters. The van der Waals surface area contributed by atoms with E-state index in [1.165, 1.54) is 22.3 Å². The van der Waals surface area contributed by atoms with Crippen LogP contribution >= 0.6 is 0 Å². The monoisotopic (exact) mass is 513 g/mol. The lowest BCUT2D eigenvalue weighted by Gasteiger charge is -2.37. The summed E-state index contributed by atoms with van der Waals surface area (Å²) in [6.07, 6.45) is 0. The number of piperazine rings is 1. The van der Waals surface area contributed by atoms with E-state index in [0.29, 0.717) is 30.8 Å². The van der Waals surface area contributed by atoms with Crippen molar-refractivity contribution in [1.29, 1.82) is 0 Å². The summed E-state index contributed by atoms with van der Waals surface area (Å²) in [7, 11) is 0. The standard InChI is InChI=1S/C32H43N5O/c1-20(2)26-10-9-11-27(21(3)4)29(26)34-32(38)37-18-16-36(17-19-37)31-28(22(5)6)24(8)33-30(35-31)25-14-12-23(7)13-15-25/h9-15,20-22H,16-19H2,1-8H3,(H,34,38). The maximum atomic E-state index is 13.4. The van der Waals surface area contributed by atoms with E-state index in [4.69, 9.17) is 9.97 Å². The van der Waals surface area contributed by atoms with Crippen molar-refractivity contribution in [2.75, 3.05) is 36.4 Å². The Hall–Kier alpha value is -3.41. The third-order valence-electron chi connectivity index (χ3n) is 7.47. The van der Waals surface area contributed by atoms with Crippen LogP contribution in [0.3, 0.4) is 0 Å².